The molecule has 0 amide bonds. The Morgan fingerprint density at radius 1 is 1.17 bits per heavy atom. The second kappa shape index (κ2) is 7.63. The molecule has 0 atom stereocenters. The van der Waals surface area contributed by atoms with E-state index in [1.807, 2.05) is 42.8 Å². The molecule has 0 saturated heterocycles. The van der Waals surface area contributed by atoms with Gasteiger partial charge in [-0.2, -0.15) is 0 Å². The predicted molar refractivity (Wildman–Crippen MR) is 93.6 cm³/mol. The smallest absolute Gasteiger partial charge is 0.294 e. The van der Waals surface area contributed by atoms with E-state index in [2.05, 4.69) is 20.4 Å². The topological polar surface area (TPSA) is 75.0 Å². The first kappa shape index (κ1) is 16.7. The lowest BCUT2D eigenvalue weighted by Crippen LogP contribution is -1.97. The number of benzene rings is 1. The Kier molecular flexibility index (Phi) is 5.31. The molecule has 0 aliphatic heterocycles. The molecule has 0 saturated carbocycles. The number of para-hydroxylation sites is 1. The maximum absolute atomic E-state index is 5.40. The van der Waals surface area contributed by atoms with Crippen LogP contribution in [0.3, 0.4) is 0 Å². The molecule has 1 aromatic carbocycles. The normalized spacial score (nSPS) is 10.8. The quantitative estimate of drug-likeness (QED) is 0.597. The van der Waals surface area contributed by atoms with Crippen molar-refractivity contribution in [3.05, 3.63) is 29.3 Å². The zero-order valence-electron chi connectivity index (χ0n) is 13.6. The summed E-state index contributed by atoms with van der Waals surface area (Å²) in [5.41, 5.74) is 0.913. The maximum Gasteiger partial charge on any atom is 0.294 e. The summed E-state index contributed by atoms with van der Waals surface area (Å²) in [4.78, 5) is 0. The summed E-state index contributed by atoms with van der Waals surface area (Å²) in [5.74, 6) is 2.21. The average Bonchev–Trinajstić information content (AvgIpc) is 3.20. The number of nitrogens with zero attached hydrogens (tertiary/aromatic N) is 5. The molecule has 7 nitrogen and oxygen atoms in total. The molecule has 2 aromatic heterocycles. The Morgan fingerprint density at radius 3 is 2.79 bits per heavy atom. The first-order valence-electron chi connectivity index (χ1n) is 7.33. The molecule has 0 aliphatic carbocycles. The predicted octanol–water partition coefficient (Wildman–Crippen LogP) is 3.03. The largest absolute Gasteiger partial charge is 0.496 e. The molecular weight excluding hydrogens is 346 g/mol. The number of hydrogen-bond donors (Lipinski definition) is 0. The van der Waals surface area contributed by atoms with E-state index in [1.54, 1.807) is 18.9 Å². The molecule has 0 spiro atoms. The fraction of sp³-hybridized carbons (Fsp3) is 0.333. The zero-order valence-corrected chi connectivity index (χ0v) is 15.2. The SMILES string of the molecule is CCOc1nnc(CSc2nnc(-c3ccccc3OC)n2C)s1. The molecule has 0 unspecified atom stereocenters. The molecular formula is C15H17N5O2S2. The lowest BCUT2D eigenvalue weighted by Gasteiger charge is -2.07. The minimum absolute atomic E-state index is 0.591. The second-order valence-electron chi connectivity index (χ2n) is 4.75. The van der Waals surface area contributed by atoms with Crippen molar-refractivity contribution in [3.63, 3.8) is 0 Å². The molecule has 0 bridgehead atoms. The van der Waals surface area contributed by atoms with Crippen molar-refractivity contribution in [2.24, 2.45) is 7.05 Å². The van der Waals surface area contributed by atoms with Gasteiger partial charge in [0.2, 0.25) is 0 Å². The Balaban J connectivity index is 1.75. The van der Waals surface area contributed by atoms with E-state index in [0.29, 0.717) is 17.6 Å². The highest BCUT2D eigenvalue weighted by Gasteiger charge is 2.15. The Labute approximate surface area is 148 Å². The van der Waals surface area contributed by atoms with Crippen LogP contribution < -0.4 is 9.47 Å². The number of methoxy groups -OCH3 is 1. The summed E-state index contributed by atoms with van der Waals surface area (Å²) in [6.45, 7) is 2.52. The van der Waals surface area contributed by atoms with Crippen LogP contribution in [0.1, 0.15) is 11.9 Å². The van der Waals surface area contributed by atoms with Crippen molar-refractivity contribution in [1.82, 2.24) is 25.0 Å². The maximum atomic E-state index is 5.40. The third-order valence-corrected chi connectivity index (χ3v) is 5.27. The summed E-state index contributed by atoms with van der Waals surface area (Å²) in [6, 6.07) is 7.76. The summed E-state index contributed by atoms with van der Waals surface area (Å²) in [5, 5.41) is 19.0. The molecule has 9 heteroatoms. The number of aromatic nitrogens is 5. The number of hydrogen-bond acceptors (Lipinski definition) is 8. The van der Waals surface area contributed by atoms with Gasteiger partial charge in [-0.1, -0.05) is 35.2 Å². The van der Waals surface area contributed by atoms with Crippen molar-refractivity contribution < 1.29 is 9.47 Å². The molecule has 3 aromatic rings. The van der Waals surface area contributed by atoms with Gasteiger partial charge in [-0.05, 0) is 19.1 Å². The van der Waals surface area contributed by atoms with Crippen LogP contribution in [0.15, 0.2) is 29.4 Å². The highest BCUT2D eigenvalue weighted by molar-refractivity contribution is 7.98. The molecule has 126 valence electrons. The van der Waals surface area contributed by atoms with Crippen LogP contribution in [-0.4, -0.2) is 38.7 Å². The first-order valence-corrected chi connectivity index (χ1v) is 9.14. The zero-order chi connectivity index (χ0) is 16.9. The van der Waals surface area contributed by atoms with Crippen LogP contribution in [0.2, 0.25) is 0 Å². The third-order valence-electron chi connectivity index (χ3n) is 3.22. The van der Waals surface area contributed by atoms with Crippen molar-refractivity contribution in [2.75, 3.05) is 13.7 Å². The molecule has 2 heterocycles. The lowest BCUT2D eigenvalue weighted by molar-refractivity contribution is 0.335. The van der Waals surface area contributed by atoms with Gasteiger partial charge in [-0.25, -0.2) is 0 Å². The first-order chi connectivity index (χ1) is 11.7. The Morgan fingerprint density at radius 2 is 2.00 bits per heavy atom. The van der Waals surface area contributed by atoms with E-state index in [4.69, 9.17) is 9.47 Å². The van der Waals surface area contributed by atoms with E-state index >= 15 is 0 Å². The van der Waals surface area contributed by atoms with Crippen LogP contribution >= 0.6 is 23.1 Å². The third kappa shape index (κ3) is 3.51. The fourth-order valence-electron chi connectivity index (χ4n) is 2.11. The van der Waals surface area contributed by atoms with Gasteiger partial charge in [0.1, 0.15) is 10.8 Å². The van der Waals surface area contributed by atoms with Crippen LogP contribution in [-0.2, 0) is 12.8 Å². The van der Waals surface area contributed by atoms with Crippen LogP contribution in [0.25, 0.3) is 11.4 Å². The van der Waals surface area contributed by atoms with Gasteiger partial charge in [-0.3, -0.25) is 0 Å². The van der Waals surface area contributed by atoms with Crippen LogP contribution in [0.5, 0.6) is 10.9 Å². The van der Waals surface area contributed by atoms with Gasteiger partial charge in [0.25, 0.3) is 5.19 Å². The monoisotopic (exact) mass is 363 g/mol. The average molecular weight is 363 g/mol. The number of ether oxygens (including phenoxy) is 2. The molecule has 3 rings (SSSR count). The summed E-state index contributed by atoms with van der Waals surface area (Å²) >= 11 is 3.01. The van der Waals surface area contributed by atoms with Gasteiger partial charge in [-0.15, -0.1) is 20.4 Å². The highest BCUT2D eigenvalue weighted by atomic mass is 32.2. The van der Waals surface area contributed by atoms with Gasteiger partial charge in [0.05, 0.1) is 25.0 Å². The fourth-order valence-corrected chi connectivity index (χ4v) is 3.75. The standard InChI is InChI=1S/C15H17N5O2S2/c1-4-22-15-19-16-12(24-15)9-23-14-18-17-13(20(14)2)10-7-5-6-8-11(10)21-3/h5-8H,4,9H2,1-3H3. The number of rotatable bonds is 7. The van der Waals surface area contributed by atoms with E-state index < -0.39 is 0 Å². The van der Waals surface area contributed by atoms with Crippen LogP contribution in [0, 0.1) is 0 Å². The van der Waals surface area contributed by atoms with Gasteiger partial charge >= 0.3 is 0 Å². The molecule has 24 heavy (non-hydrogen) atoms. The Bertz CT molecular complexity index is 818. The minimum Gasteiger partial charge on any atom is -0.496 e. The van der Waals surface area contributed by atoms with Crippen LogP contribution in [0.4, 0.5) is 0 Å². The van der Waals surface area contributed by atoms with Gasteiger partial charge in [0.15, 0.2) is 11.0 Å². The summed E-state index contributed by atoms with van der Waals surface area (Å²) in [6.07, 6.45) is 0. The lowest BCUT2D eigenvalue weighted by atomic mass is 10.2. The molecule has 0 radical (unpaired) electrons. The summed E-state index contributed by atoms with van der Waals surface area (Å²) < 4.78 is 12.7. The molecule has 0 N–H and O–H groups in total. The molecule has 0 fully saturated rings. The second-order valence-corrected chi connectivity index (χ2v) is 6.72. The van der Waals surface area contributed by atoms with Crippen molar-refractivity contribution >= 4 is 23.1 Å². The van der Waals surface area contributed by atoms with Gasteiger partial charge < -0.3 is 14.0 Å². The Hall–Kier alpha value is -2.13. The molecule has 0 aliphatic rings. The van der Waals surface area contributed by atoms with E-state index in [-0.39, 0.29) is 0 Å². The van der Waals surface area contributed by atoms with E-state index in [0.717, 1.165) is 27.3 Å². The highest BCUT2D eigenvalue weighted by Crippen LogP contribution is 2.31. The van der Waals surface area contributed by atoms with E-state index in [9.17, 15) is 0 Å². The van der Waals surface area contributed by atoms with E-state index in [1.165, 1.54) is 11.3 Å². The van der Waals surface area contributed by atoms with Gasteiger partial charge in [0, 0.05) is 7.05 Å². The summed E-state index contributed by atoms with van der Waals surface area (Å²) in [7, 11) is 3.59. The number of thioether (sulfide) groups is 1. The van der Waals surface area contributed by atoms with Crippen molar-refractivity contribution in [2.45, 2.75) is 17.8 Å². The van der Waals surface area contributed by atoms with Crippen molar-refractivity contribution in [1.29, 1.82) is 0 Å². The van der Waals surface area contributed by atoms with Crippen molar-refractivity contribution in [3.8, 4) is 22.3 Å². The minimum atomic E-state index is 0.591.